The molecule has 6 aromatic rings. The van der Waals surface area contributed by atoms with E-state index in [2.05, 4.69) is 57.7 Å². The summed E-state index contributed by atoms with van der Waals surface area (Å²) in [7, 11) is 0.0924. The zero-order chi connectivity index (χ0) is 29.1. The summed E-state index contributed by atoms with van der Waals surface area (Å²) in [5.41, 5.74) is 4.55. The first-order valence-electron chi connectivity index (χ1n) is 14.1. The zero-order valence-electron chi connectivity index (χ0n) is 24.1. The Morgan fingerprint density at radius 2 is 1.90 bits per heavy atom. The number of nitrogens with zero attached hydrogens (tertiary/aromatic N) is 5. The number of hydrogen-bond donors (Lipinski definition) is 1. The lowest BCUT2D eigenvalue weighted by Crippen LogP contribution is -2.25. The molecule has 3 aromatic heterocycles. The van der Waals surface area contributed by atoms with Crippen molar-refractivity contribution in [1.29, 1.82) is 0 Å². The molecule has 0 aliphatic carbocycles. The summed E-state index contributed by atoms with van der Waals surface area (Å²) in [5, 5.41) is 9.89. The summed E-state index contributed by atoms with van der Waals surface area (Å²) < 4.78 is 21.8. The molecule has 3 aromatic carbocycles. The van der Waals surface area contributed by atoms with E-state index in [0.717, 1.165) is 69.8 Å². The Morgan fingerprint density at radius 3 is 2.74 bits per heavy atom. The van der Waals surface area contributed by atoms with Gasteiger partial charge in [-0.15, -0.1) is 7.92 Å². The number of furan rings is 1. The highest BCUT2D eigenvalue weighted by molar-refractivity contribution is 7.56. The Kier molecular flexibility index (Phi) is 8.27. The van der Waals surface area contributed by atoms with Crippen molar-refractivity contribution in [2.75, 3.05) is 37.9 Å². The van der Waals surface area contributed by atoms with Gasteiger partial charge in [-0.1, -0.05) is 19.1 Å². The first-order valence-corrected chi connectivity index (χ1v) is 16.6. The summed E-state index contributed by atoms with van der Waals surface area (Å²) in [6.07, 6.45) is 4.64. The van der Waals surface area contributed by atoms with Gasteiger partial charge in [-0.3, -0.25) is 9.58 Å². The Labute approximate surface area is 246 Å². The summed E-state index contributed by atoms with van der Waals surface area (Å²) >= 11 is 0. The van der Waals surface area contributed by atoms with Crippen LogP contribution in [-0.4, -0.2) is 57.2 Å². The van der Waals surface area contributed by atoms with Gasteiger partial charge < -0.3 is 9.73 Å². The molecule has 0 saturated carbocycles. The molecule has 0 bridgehead atoms. The van der Waals surface area contributed by atoms with Crippen LogP contribution in [0.4, 0.5) is 15.9 Å². The molecule has 6 rings (SSSR count). The topological polar surface area (TPSA) is 72.0 Å². The minimum absolute atomic E-state index is 0.0924. The Morgan fingerprint density at radius 1 is 1.00 bits per heavy atom. The van der Waals surface area contributed by atoms with E-state index in [1.807, 2.05) is 53.3 Å². The number of benzene rings is 3. The Bertz CT molecular complexity index is 1830. The van der Waals surface area contributed by atoms with Crippen LogP contribution in [0.3, 0.4) is 0 Å². The number of fused-ring (bicyclic) bond motifs is 2. The minimum atomic E-state index is -0.246. The minimum Gasteiger partial charge on any atom is -0.460 e. The lowest BCUT2D eigenvalue weighted by atomic mass is 10.1. The normalized spacial score (nSPS) is 11.8. The average molecular weight is 581 g/mol. The standard InChI is InChI=1S/C33H34FN6OP/c1-4-39(14-15-42(2)3)21-28-10-13-32(41-28)24-8-11-30-29(18-24)33(36-22-35-30)38-27-9-12-31-25(17-27)19-37-40(31)20-23-6-5-7-26(34)16-23/h5-13,16-19,22H,4,14-15,20-21H2,1-3H3,(H,35,36,38). The van der Waals surface area contributed by atoms with Gasteiger partial charge in [0.1, 0.15) is 29.5 Å². The van der Waals surface area contributed by atoms with Crippen molar-refractivity contribution in [3.8, 4) is 11.3 Å². The summed E-state index contributed by atoms with van der Waals surface area (Å²) in [4.78, 5) is 11.5. The van der Waals surface area contributed by atoms with Gasteiger partial charge in [0, 0.05) is 28.6 Å². The first kappa shape index (κ1) is 28.0. The van der Waals surface area contributed by atoms with Gasteiger partial charge in [-0.2, -0.15) is 5.10 Å². The molecule has 0 atom stereocenters. The van der Waals surface area contributed by atoms with Crippen LogP contribution in [0.25, 0.3) is 33.1 Å². The summed E-state index contributed by atoms with van der Waals surface area (Å²) in [6, 6.07) is 22.9. The molecule has 0 saturated heterocycles. The monoisotopic (exact) mass is 580 g/mol. The highest BCUT2D eigenvalue weighted by Crippen LogP contribution is 2.31. The van der Waals surface area contributed by atoms with E-state index in [9.17, 15) is 4.39 Å². The van der Waals surface area contributed by atoms with Gasteiger partial charge in [0.15, 0.2) is 0 Å². The molecule has 9 heteroatoms. The number of aromatic nitrogens is 4. The van der Waals surface area contributed by atoms with Gasteiger partial charge >= 0.3 is 0 Å². The van der Waals surface area contributed by atoms with E-state index >= 15 is 0 Å². The second-order valence-electron chi connectivity index (χ2n) is 10.7. The number of hydrogen-bond acceptors (Lipinski definition) is 6. The molecule has 0 aliphatic heterocycles. The predicted molar refractivity (Wildman–Crippen MR) is 170 cm³/mol. The molecule has 7 nitrogen and oxygen atoms in total. The summed E-state index contributed by atoms with van der Waals surface area (Å²) in [6.45, 7) is 10.2. The van der Waals surface area contributed by atoms with Crippen LogP contribution in [0, 0.1) is 5.82 Å². The van der Waals surface area contributed by atoms with Crippen molar-refractivity contribution >= 4 is 41.2 Å². The van der Waals surface area contributed by atoms with Crippen LogP contribution in [0.1, 0.15) is 18.2 Å². The third-order valence-electron chi connectivity index (χ3n) is 7.40. The highest BCUT2D eigenvalue weighted by atomic mass is 31.1. The molecule has 3 heterocycles. The number of anilines is 2. The quantitative estimate of drug-likeness (QED) is 0.158. The Balaban J connectivity index is 1.22. The van der Waals surface area contributed by atoms with Crippen LogP contribution >= 0.6 is 7.92 Å². The predicted octanol–water partition coefficient (Wildman–Crippen LogP) is 7.73. The van der Waals surface area contributed by atoms with Crippen molar-refractivity contribution in [2.24, 2.45) is 0 Å². The molecule has 0 fully saturated rings. The van der Waals surface area contributed by atoms with Crippen molar-refractivity contribution in [3.63, 3.8) is 0 Å². The lowest BCUT2D eigenvalue weighted by Gasteiger charge is -2.20. The fraction of sp³-hybridized carbons (Fsp3) is 0.242. The maximum Gasteiger partial charge on any atom is 0.141 e. The van der Waals surface area contributed by atoms with Gasteiger partial charge in [0.2, 0.25) is 0 Å². The molecule has 0 amide bonds. The van der Waals surface area contributed by atoms with Gasteiger partial charge in [-0.25, -0.2) is 14.4 Å². The molecular weight excluding hydrogens is 546 g/mol. The van der Waals surface area contributed by atoms with E-state index in [-0.39, 0.29) is 13.7 Å². The number of halogens is 1. The van der Waals surface area contributed by atoms with Crippen LogP contribution in [0.2, 0.25) is 0 Å². The van der Waals surface area contributed by atoms with E-state index in [1.54, 1.807) is 12.4 Å². The molecule has 1 N–H and O–H groups in total. The van der Waals surface area contributed by atoms with Crippen molar-refractivity contribution in [1.82, 2.24) is 24.6 Å². The SMILES string of the molecule is CCN(CCP(C)C)Cc1ccc(-c2ccc3ncnc(Nc4ccc5c(cnn5Cc5cccc(F)c5)c4)c3c2)o1. The molecule has 0 radical (unpaired) electrons. The van der Waals surface area contributed by atoms with Crippen LogP contribution in [0.15, 0.2) is 89.7 Å². The molecule has 42 heavy (non-hydrogen) atoms. The third-order valence-corrected chi connectivity index (χ3v) is 8.49. The number of rotatable bonds is 11. The van der Waals surface area contributed by atoms with E-state index < -0.39 is 0 Å². The molecular formula is C33H34FN6OP. The third kappa shape index (κ3) is 6.35. The van der Waals surface area contributed by atoms with E-state index in [0.29, 0.717) is 12.4 Å². The van der Waals surface area contributed by atoms with Crippen molar-refractivity contribution in [3.05, 3.63) is 102 Å². The number of nitrogens with one attached hydrogen (secondary N) is 1. The van der Waals surface area contributed by atoms with Gasteiger partial charge in [0.25, 0.3) is 0 Å². The van der Waals surface area contributed by atoms with Crippen LogP contribution < -0.4 is 5.32 Å². The van der Waals surface area contributed by atoms with E-state index in [4.69, 9.17) is 4.42 Å². The summed E-state index contributed by atoms with van der Waals surface area (Å²) in [5.74, 6) is 2.27. The van der Waals surface area contributed by atoms with Gasteiger partial charge in [-0.05, 0) is 92.3 Å². The lowest BCUT2D eigenvalue weighted by molar-refractivity contribution is 0.272. The maximum absolute atomic E-state index is 13.7. The van der Waals surface area contributed by atoms with Crippen molar-refractivity contribution in [2.45, 2.75) is 20.0 Å². The van der Waals surface area contributed by atoms with Crippen LogP contribution in [-0.2, 0) is 13.1 Å². The fourth-order valence-corrected chi connectivity index (χ4v) is 5.76. The second kappa shape index (κ2) is 12.4. The smallest absolute Gasteiger partial charge is 0.141 e. The van der Waals surface area contributed by atoms with E-state index in [1.165, 1.54) is 18.3 Å². The van der Waals surface area contributed by atoms with Crippen molar-refractivity contribution < 1.29 is 8.81 Å². The molecule has 214 valence electrons. The molecule has 0 aliphatic rings. The van der Waals surface area contributed by atoms with Crippen LogP contribution in [0.5, 0.6) is 0 Å². The average Bonchev–Trinajstić information content (AvgIpc) is 3.62. The Hall–Kier alpha value is -4.13. The highest BCUT2D eigenvalue weighted by Gasteiger charge is 2.13. The molecule has 0 spiro atoms. The fourth-order valence-electron chi connectivity index (χ4n) is 5.07. The maximum atomic E-state index is 13.7. The molecule has 0 unspecified atom stereocenters. The largest absolute Gasteiger partial charge is 0.460 e. The second-order valence-corrected chi connectivity index (χ2v) is 13.3. The first-order chi connectivity index (χ1) is 20.4. The zero-order valence-corrected chi connectivity index (χ0v) is 25.0. The van der Waals surface area contributed by atoms with Gasteiger partial charge in [0.05, 0.1) is 30.3 Å².